The number of aliphatic hydroxyl groups excluding tert-OH is 1. The zero-order valence-electron chi connectivity index (χ0n) is 14.4. The number of allylic oxidation sites excluding steroid dienone is 1. The monoisotopic (exact) mass is 331 g/mol. The van der Waals surface area contributed by atoms with Crippen LogP contribution in [0.4, 0.5) is 0 Å². The molecule has 5 nitrogen and oxygen atoms in total. The van der Waals surface area contributed by atoms with E-state index in [1.807, 2.05) is 6.07 Å². The van der Waals surface area contributed by atoms with E-state index < -0.39 is 6.10 Å². The first-order valence-electron chi connectivity index (χ1n) is 8.51. The standard InChI is InChI=1S/C19H25NO4/c1-23-16-8-9-17(24-2)19-14(16)11-20(12-15(19)21)18(22)10-13-6-4-3-5-7-13/h6,8-9,15,21H,3-5,7,10-12H2,1-2H3/t15-/m0/s1. The van der Waals surface area contributed by atoms with E-state index in [1.165, 1.54) is 12.0 Å². The predicted molar refractivity (Wildman–Crippen MR) is 91.1 cm³/mol. The second-order valence-electron chi connectivity index (χ2n) is 6.44. The molecule has 5 heteroatoms. The summed E-state index contributed by atoms with van der Waals surface area (Å²) in [6, 6.07) is 3.62. The largest absolute Gasteiger partial charge is 0.496 e. The Bertz CT molecular complexity index is 653. The SMILES string of the molecule is COc1ccc(OC)c2c1CN(C(=O)CC1=CCCCC1)C[C@@H]2O. The van der Waals surface area contributed by atoms with Crippen molar-refractivity contribution < 1.29 is 19.4 Å². The average Bonchev–Trinajstić information content (AvgIpc) is 2.61. The topological polar surface area (TPSA) is 59.0 Å². The molecule has 0 bridgehead atoms. The van der Waals surface area contributed by atoms with Crippen LogP contribution in [0, 0.1) is 0 Å². The van der Waals surface area contributed by atoms with E-state index >= 15 is 0 Å². The number of hydrogen-bond acceptors (Lipinski definition) is 4. The van der Waals surface area contributed by atoms with Gasteiger partial charge in [-0.25, -0.2) is 0 Å². The summed E-state index contributed by atoms with van der Waals surface area (Å²) in [5.41, 5.74) is 2.79. The molecule has 130 valence electrons. The number of benzene rings is 1. The number of fused-ring (bicyclic) bond motifs is 1. The molecule has 0 aromatic heterocycles. The third kappa shape index (κ3) is 3.26. The lowest BCUT2D eigenvalue weighted by Crippen LogP contribution is -2.38. The molecule has 0 saturated heterocycles. The first kappa shape index (κ1) is 16.8. The number of amides is 1. The van der Waals surface area contributed by atoms with Crippen LogP contribution in [0.1, 0.15) is 49.3 Å². The first-order chi connectivity index (χ1) is 11.6. The number of β-amino-alcohol motifs (C(OH)–C–C–N with tert-alkyl or cyclic N) is 1. The van der Waals surface area contributed by atoms with Gasteiger partial charge in [-0.3, -0.25) is 4.79 Å². The summed E-state index contributed by atoms with van der Waals surface area (Å²) < 4.78 is 10.8. The van der Waals surface area contributed by atoms with Gasteiger partial charge in [-0.2, -0.15) is 0 Å². The molecular weight excluding hydrogens is 306 g/mol. The second-order valence-corrected chi connectivity index (χ2v) is 6.44. The van der Waals surface area contributed by atoms with Crippen molar-refractivity contribution in [2.45, 2.75) is 44.8 Å². The highest BCUT2D eigenvalue weighted by molar-refractivity contribution is 5.79. The van der Waals surface area contributed by atoms with Crippen molar-refractivity contribution in [1.29, 1.82) is 0 Å². The van der Waals surface area contributed by atoms with Crippen LogP contribution in [0.15, 0.2) is 23.8 Å². The Morgan fingerprint density at radius 1 is 1.25 bits per heavy atom. The van der Waals surface area contributed by atoms with E-state index in [9.17, 15) is 9.90 Å². The van der Waals surface area contributed by atoms with Crippen molar-refractivity contribution in [1.82, 2.24) is 4.90 Å². The Hall–Kier alpha value is -2.01. The molecule has 1 heterocycles. The van der Waals surface area contributed by atoms with Crippen LogP contribution in [-0.4, -0.2) is 36.7 Å². The van der Waals surface area contributed by atoms with Crippen LogP contribution in [0.2, 0.25) is 0 Å². The summed E-state index contributed by atoms with van der Waals surface area (Å²) in [5.74, 6) is 1.39. The molecular formula is C19H25NO4. The zero-order valence-corrected chi connectivity index (χ0v) is 14.4. The van der Waals surface area contributed by atoms with Gasteiger partial charge in [-0.05, 0) is 37.8 Å². The lowest BCUT2D eigenvalue weighted by atomic mass is 9.93. The molecule has 1 atom stereocenters. The van der Waals surface area contributed by atoms with Crippen molar-refractivity contribution in [2.24, 2.45) is 0 Å². The van der Waals surface area contributed by atoms with E-state index in [1.54, 1.807) is 25.2 Å². The minimum Gasteiger partial charge on any atom is -0.496 e. The van der Waals surface area contributed by atoms with Crippen LogP contribution in [0.5, 0.6) is 11.5 Å². The number of rotatable bonds is 4. The second kappa shape index (κ2) is 7.26. The fourth-order valence-corrected chi connectivity index (χ4v) is 3.64. The summed E-state index contributed by atoms with van der Waals surface area (Å²) in [6.45, 7) is 0.738. The number of methoxy groups -OCH3 is 2. The third-order valence-electron chi connectivity index (χ3n) is 4.91. The molecule has 0 spiro atoms. The first-order valence-corrected chi connectivity index (χ1v) is 8.51. The van der Waals surface area contributed by atoms with Gasteiger partial charge in [0.15, 0.2) is 0 Å². The Morgan fingerprint density at radius 2 is 2.00 bits per heavy atom. The summed E-state index contributed by atoms with van der Waals surface area (Å²) in [7, 11) is 3.18. The molecule has 1 aromatic carbocycles. The molecule has 24 heavy (non-hydrogen) atoms. The fourth-order valence-electron chi connectivity index (χ4n) is 3.64. The number of carbonyl (C=O) groups excluding carboxylic acids is 1. The number of nitrogens with zero attached hydrogens (tertiary/aromatic N) is 1. The maximum Gasteiger partial charge on any atom is 0.227 e. The quantitative estimate of drug-likeness (QED) is 0.862. The molecule has 0 fully saturated rings. The molecule has 1 amide bonds. The molecule has 2 aliphatic rings. The third-order valence-corrected chi connectivity index (χ3v) is 4.91. The van der Waals surface area contributed by atoms with Crippen LogP contribution >= 0.6 is 0 Å². The van der Waals surface area contributed by atoms with E-state index in [0.717, 1.165) is 30.4 Å². The van der Waals surface area contributed by atoms with E-state index in [-0.39, 0.29) is 5.91 Å². The highest BCUT2D eigenvalue weighted by Crippen LogP contribution is 2.39. The summed E-state index contributed by atoms with van der Waals surface area (Å²) in [4.78, 5) is 14.4. The van der Waals surface area contributed by atoms with Gasteiger partial charge in [-0.1, -0.05) is 11.6 Å². The molecule has 0 unspecified atom stereocenters. The van der Waals surface area contributed by atoms with Crippen LogP contribution in [-0.2, 0) is 11.3 Å². The van der Waals surface area contributed by atoms with Gasteiger partial charge < -0.3 is 19.5 Å². The van der Waals surface area contributed by atoms with Gasteiger partial charge in [0.05, 0.1) is 20.8 Å². The van der Waals surface area contributed by atoms with Gasteiger partial charge in [0, 0.05) is 24.1 Å². The minimum atomic E-state index is -0.761. The van der Waals surface area contributed by atoms with Gasteiger partial charge in [0.1, 0.15) is 17.6 Å². The van der Waals surface area contributed by atoms with E-state index in [0.29, 0.717) is 31.0 Å². The van der Waals surface area contributed by atoms with Crippen LogP contribution in [0.3, 0.4) is 0 Å². The lowest BCUT2D eigenvalue weighted by Gasteiger charge is -2.34. The number of ether oxygens (including phenoxy) is 2. The highest BCUT2D eigenvalue weighted by Gasteiger charge is 2.32. The van der Waals surface area contributed by atoms with E-state index in [4.69, 9.17) is 9.47 Å². The van der Waals surface area contributed by atoms with Crippen molar-refractivity contribution in [2.75, 3.05) is 20.8 Å². The van der Waals surface area contributed by atoms with Gasteiger partial charge in [0.25, 0.3) is 0 Å². The Morgan fingerprint density at radius 3 is 2.67 bits per heavy atom. The Kier molecular flexibility index (Phi) is 5.09. The predicted octanol–water partition coefficient (Wildman–Crippen LogP) is 2.97. The molecule has 1 aliphatic heterocycles. The summed E-state index contributed by atoms with van der Waals surface area (Å²) >= 11 is 0. The van der Waals surface area contributed by atoms with Crippen LogP contribution in [0.25, 0.3) is 0 Å². The molecule has 1 aliphatic carbocycles. The normalized spacial score (nSPS) is 20.2. The molecule has 0 radical (unpaired) electrons. The Labute approximate surface area is 142 Å². The van der Waals surface area contributed by atoms with Gasteiger partial charge >= 0.3 is 0 Å². The lowest BCUT2D eigenvalue weighted by molar-refractivity contribution is -0.133. The highest BCUT2D eigenvalue weighted by atomic mass is 16.5. The summed E-state index contributed by atoms with van der Waals surface area (Å²) in [6.07, 6.45) is 6.34. The average molecular weight is 331 g/mol. The summed E-state index contributed by atoms with van der Waals surface area (Å²) in [5, 5.41) is 10.6. The van der Waals surface area contributed by atoms with Gasteiger partial charge in [-0.15, -0.1) is 0 Å². The minimum absolute atomic E-state index is 0.0673. The molecule has 1 N–H and O–H groups in total. The molecule has 1 aromatic rings. The zero-order chi connectivity index (χ0) is 17.1. The van der Waals surface area contributed by atoms with Crippen molar-refractivity contribution in [3.05, 3.63) is 34.9 Å². The van der Waals surface area contributed by atoms with Gasteiger partial charge in [0.2, 0.25) is 5.91 Å². The van der Waals surface area contributed by atoms with Crippen molar-refractivity contribution >= 4 is 5.91 Å². The smallest absolute Gasteiger partial charge is 0.227 e. The number of aliphatic hydroxyl groups is 1. The van der Waals surface area contributed by atoms with Crippen LogP contribution < -0.4 is 9.47 Å². The maximum absolute atomic E-state index is 12.7. The fraction of sp³-hybridized carbons (Fsp3) is 0.526. The number of carbonyl (C=O) groups is 1. The number of hydrogen-bond donors (Lipinski definition) is 1. The molecule has 3 rings (SSSR count). The maximum atomic E-state index is 12.7. The van der Waals surface area contributed by atoms with E-state index in [2.05, 4.69) is 6.08 Å². The Balaban J connectivity index is 1.83. The van der Waals surface area contributed by atoms with Crippen molar-refractivity contribution in [3.8, 4) is 11.5 Å². The van der Waals surface area contributed by atoms with Crippen molar-refractivity contribution in [3.63, 3.8) is 0 Å². The molecule has 0 saturated carbocycles.